The van der Waals surface area contributed by atoms with Gasteiger partial charge in [0.15, 0.2) is 5.13 Å². The summed E-state index contributed by atoms with van der Waals surface area (Å²) in [5.74, 6) is 0.943. The van der Waals surface area contributed by atoms with Gasteiger partial charge in [-0.15, -0.1) is 0 Å². The number of nitrogens with zero attached hydrogens (tertiary/aromatic N) is 4. The Bertz CT molecular complexity index is 1020. The highest BCUT2D eigenvalue weighted by molar-refractivity contribution is 7.15. The monoisotopic (exact) mass is 489 g/mol. The first-order valence-electron chi connectivity index (χ1n) is 11.4. The van der Waals surface area contributed by atoms with E-state index in [0.29, 0.717) is 23.4 Å². The summed E-state index contributed by atoms with van der Waals surface area (Å²) < 4.78 is 10.4. The van der Waals surface area contributed by atoms with Crippen LogP contribution >= 0.6 is 11.3 Å². The zero-order valence-corrected chi connectivity index (χ0v) is 20.7. The Hall–Kier alpha value is -3.15. The van der Waals surface area contributed by atoms with Gasteiger partial charge < -0.3 is 25.0 Å². The molecule has 2 aromatic rings. The van der Waals surface area contributed by atoms with Gasteiger partial charge in [0, 0.05) is 36.0 Å². The summed E-state index contributed by atoms with van der Waals surface area (Å²) in [5, 5.41) is 9.33. The molecular weight excluding hydrogens is 458 g/mol. The number of methoxy groups -OCH3 is 2. The first-order valence-corrected chi connectivity index (χ1v) is 12.3. The molecule has 0 bridgehead atoms. The highest BCUT2D eigenvalue weighted by Crippen LogP contribution is 2.32. The van der Waals surface area contributed by atoms with Crippen molar-refractivity contribution in [3.8, 4) is 11.9 Å². The maximum Gasteiger partial charge on any atom is 0.321 e. The first-order chi connectivity index (χ1) is 16.4. The van der Waals surface area contributed by atoms with E-state index in [1.165, 1.54) is 18.4 Å². The second-order valence-electron chi connectivity index (χ2n) is 8.72. The van der Waals surface area contributed by atoms with Gasteiger partial charge >= 0.3 is 12.0 Å². The van der Waals surface area contributed by atoms with Crippen LogP contribution < -0.4 is 30.3 Å². The zero-order valence-electron chi connectivity index (χ0n) is 19.9. The molecule has 1 aliphatic heterocycles. The van der Waals surface area contributed by atoms with Crippen LogP contribution in [0.1, 0.15) is 43.7 Å². The average Bonchev–Trinajstić information content (AvgIpc) is 3.43. The third-order valence-corrected chi connectivity index (χ3v) is 6.93. The molecule has 4 rings (SSSR count). The molecule has 1 aliphatic carbocycles. The van der Waals surface area contributed by atoms with Crippen molar-refractivity contribution in [2.45, 2.75) is 58.2 Å². The predicted octanol–water partition coefficient (Wildman–Crippen LogP) is 2.33. The standard InChI is InChI=1S/C22H31N7O4S/c1-12(2)23-19(30)13-6-5-7-14(13)24-20(31)28-22-25-15-8-9-29(11-16(15)34-22)17-10-18(32-3)27-21(26-17)33-4/h10,12-14H,5-9,11H2,1-4H3,(H,23,30)(H2,24,25,28,31)/t13-,14+/m1/s1. The summed E-state index contributed by atoms with van der Waals surface area (Å²) in [4.78, 5) is 41.5. The lowest BCUT2D eigenvalue weighted by Crippen LogP contribution is -2.46. The lowest BCUT2D eigenvalue weighted by atomic mass is 10.0. The summed E-state index contributed by atoms with van der Waals surface area (Å²) in [7, 11) is 3.07. The predicted molar refractivity (Wildman–Crippen MR) is 129 cm³/mol. The fraction of sp³-hybridized carbons (Fsp3) is 0.591. The van der Waals surface area contributed by atoms with Gasteiger partial charge in [-0.25, -0.2) is 9.78 Å². The molecule has 0 saturated heterocycles. The van der Waals surface area contributed by atoms with E-state index < -0.39 is 0 Å². The lowest BCUT2D eigenvalue weighted by Gasteiger charge is -2.27. The van der Waals surface area contributed by atoms with Gasteiger partial charge in [-0.1, -0.05) is 17.8 Å². The summed E-state index contributed by atoms with van der Waals surface area (Å²) in [5.41, 5.74) is 0.972. The largest absolute Gasteiger partial charge is 0.481 e. The van der Waals surface area contributed by atoms with E-state index in [4.69, 9.17) is 9.47 Å². The third-order valence-electron chi connectivity index (χ3n) is 5.94. The first kappa shape index (κ1) is 24.0. The number of carbonyl (C=O) groups excluding carboxylic acids is 2. The number of hydrogen-bond donors (Lipinski definition) is 3. The quantitative estimate of drug-likeness (QED) is 0.540. The Morgan fingerprint density at radius 1 is 1.18 bits per heavy atom. The van der Waals surface area contributed by atoms with Gasteiger partial charge in [0.1, 0.15) is 5.82 Å². The Labute approximate surface area is 202 Å². The van der Waals surface area contributed by atoms with E-state index in [1.807, 2.05) is 13.8 Å². The van der Waals surface area contributed by atoms with E-state index in [9.17, 15) is 9.59 Å². The van der Waals surface area contributed by atoms with Crippen LogP contribution in [0.3, 0.4) is 0 Å². The molecule has 1 saturated carbocycles. The number of thiazole rings is 1. The summed E-state index contributed by atoms with van der Waals surface area (Å²) in [6.07, 6.45) is 3.22. The number of rotatable bonds is 7. The third kappa shape index (κ3) is 5.49. The van der Waals surface area contributed by atoms with Crippen LogP contribution in [0.2, 0.25) is 0 Å². The molecule has 3 N–H and O–H groups in total. The normalized spacial score (nSPS) is 19.5. The molecule has 0 unspecified atom stereocenters. The van der Waals surface area contributed by atoms with Crippen LogP contribution in [0.5, 0.6) is 11.9 Å². The van der Waals surface area contributed by atoms with Gasteiger partial charge in [-0.2, -0.15) is 9.97 Å². The number of fused-ring (bicyclic) bond motifs is 1. The number of amides is 3. The van der Waals surface area contributed by atoms with Gasteiger partial charge in [0.25, 0.3) is 0 Å². The molecule has 0 radical (unpaired) electrons. The average molecular weight is 490 g/mol. The topological polar surface area (TPSA) is 131 Å². The minimum Gasteiger partial charge on any atom is -0.481 e. The minimum atomic E-state index is -0.331. The van der Waals surface area contributed by atoms with E-state index in [1.54, 1.807) is 13.2 Å². The molecule has 184 valence electrons. The Balaban J connectivity index is 1.38. The molecule has 3 amide bonds. The van der Waals surface area contributed by atoms with Crippen LogP contribution in [0.4, 0.5) is 15.7 Å². The smallest absolute Gasteiger partial charge is 0.321 e. The van der Waals surface area contributed by atoms with Crippen molar-refractivity contribution in [2.24, 2.45) is 5.92 Å². The van der Waals surface area contributed by atoms with E-state index >= 15 is 0 Å². The second-order valence-corrected chi connectivity index (χ2v) is 9.80. The maximum absolute atomic E-state index is 12.7. The van der Waals surface area contributed by atoms with Gasteiger partial charge in [-0.05, 0) is 26.7 Å². The van der Waals surface area contributed by atoms with Crippen molar-refractivity contribution < 1.29 is 19.1 Å². The summed E-state index contributed by atoms with van der Waals surface area (Å²) >= 11 is 1.45. The molecular formula is C22H31N7O4S. The molecule has 2 aliphatic rings. The van der Waals surface area contributed by atoms with E-state index in [0.717, 1.165) is 42.8 Å². The highest BCUT2D eigenvalue weighted by atomic mass is 32.1. The lowest BCUT2D eigenvalue weighted by molar-refractivity contribution is -0.125. The fourth-order valence-corrected chi connectivity index (χ4v) is 5.35. The molecule has 2 atom stereocenters. The summed E-state index contributed by atoms with van der Waals surface area (Å²) in [6.45, 7) is 5.20. The van der Waals surface area contributed by atoms with Crippen molar-refractivity contribution in [1.29, 1.82) is 0 Å². The Kier molecular flexibility index (Phi) is 7.35. The molecule has 12 heteroatoms. The fourth-order valence-electron chi connectivity index (χ4n) is 4.33. The number of carbonyl (C=O) groups is 2. The molecule has 1 fully saturated rings. The van der Waals surface area contributed by atoms with Crippen LogP contribution in [-0.4, -0.2) is 59.7 Å². The number of anilines is 2. The molecule has 34 heavy (non-hydrogen) atoms. The van der Waals surface area contributed by atoms with Crippen LogP contribution in [0.15, 0.2) is 6.07 Å². The second kappa shape index (κ2) is 10.4. The van der Waals surface area contributed by atoms with Crippen molar-refractivity contribution in [3.63, 3.8) is 0 Å². The summed E-state index contributed by atoms with van der Waals surface area (Å²) in [6, 6.07) is 1.59. The number of urea groups is 1. The number of aromatic nitrogens is 3. The highest BCUT2D eigenvalue weighted by Gasteiger charge is 2.34. The number of nitrogens with one attached hydrogen (secondary N) is 3. The molecule has 0 aromatic carbocycles. The van der Waals surface area contributed by atoms with Gasteiger partial charge in [0.2, 0.25) is 11.8 Å². The SMILES string of the molecule is COc1cc(N2CCc3nc(NC(=O)N[C@H]4CCC[C@H]4C(=O)NC(C)C)sc3C2)nc(OC)n1. The number of ether oxygens (including phenoxy) is 2. The Morgan fingerprint density at radius 3 is 2.74 bits per heavy atom. The van der Waals surface area contributed by atoms with Crippen LogP contribution in [0.25, 0.3) is 0 Å². The number of hydrogen-bond acceptors (Lipinski definition) is 9. The van der Waals surface area contributed by atoms with Gasteiger partial charge in [0.05, 0.1) is 32.4 Å². The zero-order chi connectivity index (χ0) is 24.2. The van der Waals surface area contributed by atoms with Gasteiger partial charge in [-0.3, -0.25) is 10.1 Å². The van der Waals surface area contributed by atoms with Crippen molar-refractivity contribution in [3.05, 3.63) is 16.6 Å². The van der Waals surface area contributed by atoms with Crippen LogP contribution in [0, 0.1) is 5.92 Å². The van der Waals surface area contributed by atoms with Crippen LogP contribution in [-0.2, 0) is 17.8 Å². The maximum atomic E-state index is 12.7. The van der Waals surface area contributed by atoms with E-state index in [2.05, 4.69) is 35.8 Å². The van der Waals surface area contributed by atoms with Crippen molar-refractivity contribution >= 4 is 34.2 Å². The minimum absolute atomic E-state index is 0.000543. The Morgan fingerprint density at radius 2 is 2.00 bits per heavy atom. The molecule has 3 heterocycles. The molecule has 2 aromatic heterocycles. The molecule has 11 nitrogen and oxygen atoms in total. The van der Waals surface area contributed by atoms with Crippen molar-refractivity contribution in [2.75, 3.05) is 31.0 Å². The van der Waals surface area contributed by atoms with Crippen molar-refractivity contribution in [1.82, 2.24) is 25.6 Å². The molecule has 0 spiro atoms. The van der Waals surface area contributed by atoms with E-state index in [-0.39, 0.29) is 36.0 Å².